The van der Waals surface area contributed by atoms with Crippen LogP contribution in [0.5, 0.6) is 23.5 Å². The van der Waals surface area contributed by atoms with E-state index < -0.39 is 5.97 Å². The molecule has 3 rings (SSSR count). The fraction of sp³-hybridized carbons (Fsp3) is 0.766. The monoisotopic (exact) mass is 1030 g/mol. The summed E-state index contributed by atoms with van der Waals surface area (Å²) in [4.78, 5) is 13.4. The maximum Gasteiger partial charge on any atom is 0.362 e. The van der Waals surface area contributed by atoms with E-state index in [1.165, 1.54) is 237 Å². The summed E-state index contributed by atoms with van der Waals surface area (Å²) in [6, 6.07) is 13.1. The summed E-state index contributed by atoms with van der Waals surface area (Å²) in [6.45, 7) is 8.32. The molecule has 10 heteroatoms. The maximum absolute atomic E-state index is 6.91. The Balaban J connectivity index is 1.66. The zero-order valence-electron chi connectivity index (χ0n) is 48.0. The minimum absolute atomic E-state index is 0.00714. The van der Waals surface area contributed by atoms with Crippen LogP contribution >= 0.6 is 0 Å². The van der Waals surface area contributed by atoms with E-state index in [0.717, 1.165) is 38.5 Å². The van der Waals surface area contributed by atoms with Crippen LogP contribution in [-0.4, -0.2) is 34.8 Å². The number of anilines is 2. The van der Waals surface area contributed by atoms with Crippen LogP contribution in [0.3, 0.4) is 0 Å². The molecular weight excluding hydrogens is 919 g/mol. The van der Waals surface area contributed by atoms with E-state index in [4.69, 9.17) is 35.2 Å². The van der Waals surface area contributed by atoms with Gasteiger partial charge in [0.25, 0.3) is 0 Å². The lowest BCUT2D eigenvalue weighted by molar-refractivity contribution is -0.359. The summed E-state index contributed by atoms with van der Waals surface area (Å²) in [7, 11) is 0. The first-order valence-electron chi connectivity index (χ1n) is 31.2. The number of nitrogen functional groups attached to an aromatic ring is 2. The van der Waals surface area contributed by atoms with Crippen molar-refractivity contribution in [3.63, 3.8) is 0 Å². The molecule has 0 fully saturated rings. The van der Waals surface area contributed by atoms with Gasteiger partial charge in [-0.05, 0) is 49.6 Å². The number of hydrogen-bond acceptors (Lipinski definition) is 10. The molecule has 0 aliphatic rings. The highest BCUT2D eigenvalue weighted by Gasteiger charge is 2.42. The fourth-order valence-electron chi connectivity index (χ4n) is 9.89. The molecule has 0 saturated carbocycles. The van der Waals surface area contributed by atoms with Gasteiger partial charge in [-0.1, -0.05) is 283 Å². The predicted molar refractivity (Wildman–Crippen MR) is 312 cm³/mol. The molecule has 0 bridgehead atoms. The quantitative estimate of drug-likeness (QED) is 0.0319. The van der Waals surface area contributed by atoms with Crippen molar-refractivity contribution in [1.29, 1.82) is 0 Å². The smallest absolute Gasteiger partial charge is 0.362 e. The van der Waals surface area contributed by atoms with Crippen molar-refractivity contribution in [3.8, 4) is 23.5 Å². The number of nitrogens with two attached hydrogens (primary N) is 2. The van der Waals surface area contributed by atoms with Crippen LogP contribution < -0.4 is 25.7 Å². The predicted octanol–water partition coefficient (Wildman–Crippen LogP) is 19.9. The molecule has 0 aliphatic carbocycles. The molecule has 74 heavy (non-hydrogen) atoms. The van der Waals surface area contributed by atoms with Crippen molar-refractivity contribution in [2.24, 2.45) is 0 Å². The highest BCUT2D eigenvalue weighted by molar-refractivity contribution is 5.61. The lowest BCUT2D eigenvalue weighted by atomic mass is 10.0. The third kappa shape index (κ3) is 32.1. The van der Waals surface area contributed by atoms with Crippen molar-refractivity contribution in [3.05, 3.63) is 54.4 Å². The molecule has 4 N–H and O–H groups in total. The molecule has 1 aromatic heterocycles. The summed E-state index contributed by atoms with van der Waals surface area (Å²) in [5, 5.41) is 0. The molecule has 0 unspecified atom stereocenters. The van der Waals surface area contributed by atoms with Crippen molar-refractivity contribution >= 4 is 11.4 Å². The first kappa shape index (κ1) is 64.7. The minimum Gasteiger partial charge on any atom is -0.493 e. The van der Waals surface area contributed by atoms with Crippen molar-refractivity contribution in [2.45, 2.75) is 296 Å². The van der Waals surface area contributed by atoms with Gasteiger partial charge in [0.05, 0.1) is 31.1 Å². The molecule has 0 amide bonds. The first-order chi connectivity index (χ1) is 36.5. The van der Waals surface area contributed by atoms with Gasteiger partial charge >= 0.3 is 18.0 Å². The average Bonchev–Trinajstić information content (AvgIpc) is 3.40. The van der Waals surface area contributed by atoms with E-state index in [2.05, 4.69) is 35.7 Å². The van der Waals surface area contributed by atoms with Gasteiger partial charge in [0.1, 0.15) is 12.1 Å². The third-order valence-corrected chi connectivity index (χ3v) is 14.5. The molecule has 0 aliphatic heterocycles. The number of benzene rings is 2. The Morgan fingerprint density at radius 1 is 0.392 bits per heavy atom. The number of ether oxygens (including phenoxy) is 5. The second-order valence-corrected chi connectivity index (χ2v) is 21.4. The molecule has 422 valence electrons. The van der Waals surface area contributed by atoms with E-state index in [1.807, 2.05) is 24.3 Å². The minimum atomic E-state index is -1.68. The summed E-state index contributed by atoms with van der Waals surface area (Å²) in [6.07, 6.45) is 55.7. The number of rotatable bonds is 53. The van der Waals surface area contributed by atoms with Crippen LogP contribution in [0.4, 0.5) is 11.4 Å². The Bertz CT molecular complexity index is 1700. The van der Waals surface area contributed by atoms with Crippen molar-refractivity contribution < 1.29 is 23.7 Å². The zero-order chi connectivity index (χ0) is 52.7. The Kier molecular flexibility index (Phi) is 39.8. The van der Waals surface area contributed by atoms with E-state index in [1.54, 1.807) is 18.2 Å². The lowest BCUT2D eigenvalue weighted by Crippen LogP contribution is -2.41. The number of unbranched alkanes of at least 4 members (excludes halogenated alkanes) is 39. The summed E-state index contributed by atoms with van der Waals surface area (Å²) in [5.74, 6) is -0.629. The second kappa shape index (κ2) is 45.6. The van der Waals surface area contributed by atoms with E-state index in [9.17, 15) is 0 Å². The molecule has 1 heterocycles. The molecule has 2 aromatic carbocycles. The Morgan fingerprint density at radius 3 is 1.16 bits per heavy atom. The number of aromatic nitrogens is 3. The zero-order valence-corrected chi connectivity index (χ0v) is 48.0. The molecule has 0 spiro atoms. The Hall–Kier alpha value is -3.63. The van der Waals surface area contributed by atoms with Gasteiger partial charge in [0.2, 0.25) is 0 Å². The van der Waals surface area contributed by atoms with Crippen LogP contribution in [0.25, 0.3) is 0 Å². The second-order valence-electron chi connectivity index (χ2n) is 21.4. The van der Waals surface area contributed by atoms with Crippen molar-refractivity contribution in [1.82, 2.24) is 15.0 Å². The van der Waals surface area contributed by atoms with Gasteiger partial charge in [0.15, 0.2) is 5.75 Å². The molecule has 0 saturated heterocycles. The highest BCUT2D eigenvalue weighted by atomic mass is 16.9. The lowest BCUT2D eigenvalue weighted by Gasteiger charge is -2.34. The summed E-state index contributed by atoms with van der Waals surface area (Å²) < 4.78 is 33.3. The first-order valence-corrected chi connectivity index (χ1v) is 31.2. The topological polar surface area (TPSA) is 137 Å². The Morgan fingerprint density at radius 2 is 0.757 bits per heavy atom. The Labute approximate surface area is 453 Å². The molecular formula is C64H111N5O5. The summed E-state index contributed by atoms with van der Waals surface area (Å²) >= 11 is 0. The largest absolute Gasteiger partial charge is 0.493 e. The molecule has 10 nitrogen and oxygen atoms in total. The van der Waals surface area contributed by atoms with E-state index in [0.29, 0.717) is 48.3 Å². The van der Waals surface area contributed by atoms with Crippen LogP contribution in [0, 0.1) is 0 Å². The van der Waals surface area contributed by atoms with Gasteiger partial charge in [0, 0.05) is 5.69 Å². The number of para-hydroxylation sites is 1. The van der Waals surface area contributed by atoms with E-state index in [-0.39, 0.29) is 12.0 Å². The van der Waals surface area contributed by atoms with Crippen LogP contribution in [-0.2, 0) is 15.4 Å². The van der Waals surface area contributed by atoms with Gasteiger partial charge in [-0.2, -0.15) is 9.97 Å². The van der Waals surface area contributed by atoms with Crippen LogP contribution in [0.2, 0.25) is 0 Å². The van der Waals surface area contributed by atoms with E-state index >= 15 is 0 Å². The maximum atomic E-state index is 6.91. The van der Waals surface area contributed by atoms with Gasteiger partial charge in [-0.25, -0.2) is 0 Å². The van der Waals surface area contributed by atoms with Gasteiger partial charge < -0.3 is 35.2 Å². The summed E-state index contributed by atoms with van der Waals surface area (Å²) in [5.41, 5.74) is 13.8. The normalized spacial score (nSPS) is 11.7. The molecule has 3 aromatic rings. The SMILES string of the molecule is CCCCCCCCCCCCCCCCOc1ccccc1C(OCCCCCCCCCCCCCCCC)(OCCCCCCCCCCCCCCCC)Oc1ncnc(Oc2ccc(N)cc2N)n1. The number of nitrogens with zero attached hydrogens (tertiary/aromatic N) is 3. The standard InChI is InChI=1S/C64H111N5O5/c1-4-7-10-13-16-19-22-25-28-31-34-37-40-45-52-70-60-49-44-43-48-58(60)64(71-53-46-41-38-35-32-29-26-23-20-17-14-11-8-5-2,72-54-47-42-39-36-33-30-27-24-21-18-15-12-9-6-3)74-63-68-56-67-62(69-63)73-61-51-50-57(65)55-59(61)66/h43-44,48-51,55-56H,4-42,45-47,52-54,65-66H2,1-3H3. The van der Waals surface area contributed by atoms with Crippen LogP contribution in [0.15, 0.2) is 48.8 Å². The van der Waals surface area contributed by atoms with Crippen molar-refractivity contribution in [2.75, 3.05) is 31.3 Å². The highest BCUT2D eigenvalue weighted by Crippen LogP contribution is 2.38. The van der Waals surface area contributed by atoms with Gasteiger partial charge in [-0.3, -0.25) is 0 Å². The third-order valence-electron chi connectivity index (χ3n) is 14.5. The van der Waals surface area contributed by atoms with Gasteiger partial charge in [-0.15, -0.1) is 4.98 Å². The fourth-order valence-corrected chi connectivity index (χ4v) is 9.89. The van der Waals surface area contributed by atoms with Crippen LogP contribution in [0.1, 0.15) is 296 Å². The number of hydrogen-bond donors (Lipinski definition) is 2. The average molecular weight is 1030 g/mol. The molecule has 0 atom stereocenters. The molecule has 0 radical (unpaired) electrons.